The summed E-state index contributed by atoms with van der Waals surface area (Å²) in [5.74, 6) is -2.52. The Morgan fingerprint density at radius 2 is 1.72 bits per heavy atom. The van der Waals surface area contributed by atoms with Crippen LogP contribution in [0.5, 0.6) is 0 Å². The third-order valence-electron chi connectivity index (χ3n) is 4.72. The van der Waals surface area contributed by atoms with E-state index in [4.69, 9.17) is 4.74 Å². The Bertz CT molecular complexity index is 961. The van der Waals surface area contributed by atoms with Crippen LogP contribution in [0.25, 0.3) is 0 Å². The molecule has 3 amide bonds. The number of amides is 3. The van der Waals surface area contributed by atoms with E-state index in [1.165, 1.54) is 19.1 Å². The molecule has 1 aliphatic rings. The molecule has 0 aromatic heterocycles. The third kappa shape index (κ3) is 4.01. The first-order valence-electron chi connectivity index (χ1n) is 8.91. The number of esters is 1. The Morgan fingerprint density at radius 3 is 2.34 bits per heavy atom. The van der Waals surface area contributed by atoms with E-state index in [0.29, 0.717) is 5.56 Å². The number of halogens is 1. The highest BCUT2D eigenvalue weighted by atomic mass is 19.1. The van der Waals surface area contributed by atoms with Gasteiger partial charge >= 0.3 is 12.0 Å². The number of nitrogens with zero attached hydrogens (tertiary/aromatic N) is 1. The van der Waals surface area contributed by atoms with Gasteiger partial charge in [0.05, 0.1) is 0 Å². The third-order valence-corrected chi connectivity index (χ3v) is 4.72. The highest BCUT2D eigenvalue weighted by Crippen LogP contribution is 2.28. The molecule has 0 saturated carbocycles. The van der Waals surface area contributed by atoms with E-state index >= 15 is 0 Å². The van der Waals surface area contributed by atoms with Gasteiger partial charge in [0.1, 0.15) is 17.9 Å². The van der Waals surface area contributed by atoms with Crippen LogP contribution in [-0.4, -0.2) is 41.2 Å². The molecule has 2 atom stereocenters. The predicted octanol–water partition coefficient (Wildman–Crippen LogP) is 2.41. The number of hydrogen-bond acceptors (Lipinski definition) is 5. The molecular formula is C21H19FN2O5. The molecule has 1 N–H and O–H groups in total. The van der Waals surface area contributed by atoms with Crippen molar-refractivity contribution in [1.29, 1.82) is 0 Å². The lowest BCUT2D eigenvalue weighted by molar-refractivity contribution is -0.149. The minimum atomic E-state index is -1.30. The molecule has 0 radical (unpaired) electrons. The summed E-state index contributed by atoms with van der Waals surface area (Å²) in [6, 6.07) is 12.7. The van der Waals surface area contributed by atoms with E-state index in [0.717, 1.165) is 17.0 Å². The first-order chi connectivity index (χ1) is 13.7. The number of urea groups is 1. The molecule has 0 spiro atoms. The average Bonchev–Trinajstić information content (AvgIpc) is 2.92. The molecule has 8 heteroatoms. The SMILES string of the molecule is C[C@H](OC(=O)CN1C(=O)N[C@](C)(c2ccccc2)C1=O)C(=O)c1ccc(F)cc1. The van der Waals surface area contributed by atoms with Gasteiger partial charge in [-0.2, -0.15) is 0 Å². The standard InChI is InChI=1S/C21H19FN2O5/c1-13(18(26)14-8-10-16(22)11-9-14)29-17(25)12-24-19(27)21(2,23-20(24)28)15-6-4-3-5-7-15/h3-11,13H,12H2,1-2H3,(H,23,28)/t13-,21+/m0/s1. The number of ether oxygens (including phenoxy) is 1. The fourth-order valence-corrected chi connectivity index (χ4v) is 3.07. The van der Waals surface area contributed by atoms with Gasteiger partial charge in [0.2, 0.25) is 5.78 Å². The summed E-state index contributed by atoms with van der Waals surface area (Å²) in [4.78, 5) is 50.3. The Kier molecular flexibility index (Phi) is 5.45. The van der Waals surface area contributed by atoms with E-state index in [1.807, 2.05) is 0 Å². The van der Waals surface area contributed by atoms with Crippen LogP contribution in [0.4, 0.5) is 9.18 Å². The molecule has 1 aliphatic heterocycles. The number of ketones is 1. The molecular weight excluding hydrogens is 379 g/mol. The van der Waals surface area contributed by atoms with Gasteiger partial charge in [0.15, 0.2) is 6.10 Å². The van der Waals surface area contributed by atoms with Crippen LogP contribution < -0.4 is 5.32 Å². The molecule has 1 heterocycles. The van der Waals surface area contributed by atoms with Crippen molar-refractivity contribution in [2.45, 2.75) is 25.5 Å². The number of rotatable bonds is 6. The topological polar surface area (TPSA) is 92.8 Å². The molecule has 0 aliphatic carbocycles. The van der Waals surface area contributed by atoms with Crippen molar-refractivity contribution >= 4 is 23.7 Å². The van der Waals surface area contributed by atoms with E-state index < -0.39 is 47.7 Å². The second-order valence-corrected chi connectivity index (χ2v) is 6.82. The van der Waals surface area contributed by atoms with Gasteiger partial charge in [-0.3, -0.25) is 19.3 Å². The molecule has 3 rings (SSSR count). The number of imide groups is 1. The second-order valence-electron chi connectivity index (χ2n) is 6.82. The predicted molar refractivity (Wildman–Crippen MR) is 100 cm³/mol. The van der Waals surface area contributed by atoms with Gasteiger partial charge in [0, 0.05) is 5.56 Å². The first kappa shape index (κ1) is 20.2. The maximum atomic E-state index is 13.0. The van der Waals surface area contributed by atoms with Gasteiger partial charge in [-0.1, -0.05) is 30.3 Å². The summed E-state index contributed by atoms with van der Waals surface area (Å²) in [6.07, 6.45) is -1.16. The van der Waals surface area contributed by atoms with Crippen LogP contribution >= 0.6 is 0 Å². The highest BCUT2D eigenvalue weighted by Gasteiger charge is 2.49. The van der Waals surface area contributed by atoms with Crippen LogP contribution in [0.3, 0.4) is 0 Å². The van der Waals surface area contributed by atoms with Crippen LogP contribution in [-0.2, 0) is 19.9 Å². The molecule has 1 fully saturated rings. The smallest absolute Gasteiger partial charge is 0.326 e. The van der Waals surface area contributed by atoms with E-state index in [9.17, 15) is 23.6 Å². The van der Waals surface area contributed by atoms with E-state index in [-0.39, 0.29) is 5.56 Å². The molecule has 2 aromatic rings. The van der Waals surface area contributed by atoms with Crippen molar-refractivity contribution in [1.82, 2.24) is 10.2 Å². The van der Waals surface area contributed by atoms with Gasteiger partial charge in [-0.25, -0.2) is 9.18 Å². The molecule has 7 nitrogen and oxygen atoms in total. The van der Waals surface area contributed by atoms with Crippen molar-refractivity contribution < 1.29 is 28.3 Å². The van der Waals surface area contributed by atoms with Crippen LogP contribution in [0.2, 0.25) is 0 Å². The maximum Gasteiger partial charge on any atom is 0.326 e. The monoisotopic (exact) mass is 398 g/mol. The molecule has 0 unspecified atom stereocenters. The molecule has 29 heavy (non-hydrogen) atoms. The quantitative estimate of drug-likeness (QED) is 0.458. The lowest BCUT2D eigenvalue weighted by Gasteiger charge is -2.22. The minimum absolute atomic E-state index is 0.179. The van der Waals surface area contributed by atoms with Gasteiger partial charge in [-0.15, -0.1) is 0 Å². The Balaban J connectivity index is 1.66. The van der Waals surface area contributed by atoms with Crippen molar-refractivity contribution in [3.63, 3.8) is 0 Å². The van der Waals surface area contributed by atoms with Crippen molar-refractivity contribution in [3.8, 4) is 0 Å². The molecule has 2 aromatic carbocycles. The maximum absolute atomic E-state index is 13.0. The Labute approximate surface area is 166 Å². The van der Waals surface area contributed by atoms with Crippen LogP contribution in [0.1, 0.15) is 29.8 Å². The normalized spacial score (nSPS) is 19.6. The average molecular weight is 398 g/mol. The fraction of sp³-hybridized carbons (Fsp3) is 0.238. The summed E-state index contributed by atoms with van der Waals surface area (Å²) >= 11 is 0. The number of nitrogens with one attached hydrogen (secondary N) is 1. The number of carbonyl (C=O) groups excluding carboxylic acids is 4. The minimum Gasteiger partial charge on any atom is -0.453 e. The number of Topliss-reactive ketones (excluding diaryl/α,β-unsaturated/α-hetero) is 1. The Morgan fingerprint density at radius 1 is 1.10 bits per heavy atom. The zero-order chi connectivity index (χ0) is 21.2. The summed E-state index contributed by atoms with van der Waals surface area (Å²) in [7, 11) is 0. The fourth-order valence-electron chi connectivity index (χ4n) is 3.07. The van der Waals surface area contributed by atoms with Crippen molar-refractivity contribution in [2.75, 3.05) is 6.54 Å². The van der Waals surface area contributed by atoms with Crippen molar-refractivity contribution in [2.24, 2.45) is 0 Å². The van der Waals surface area contributed by atoms with Crippen LogP contribution in [0.15, 0.2) is 54.6 Å². The second kappa shape index (κ2) is 7.83. The number of carbonyl (C=O) groups is 4. The summed E-state index contributed by atoms with van der Waals surface area (Å²) in [6.45, 7) is 2.28. The molecule has 0 bridgehead atoms. The summed E-state index contributed by atoms with van der Waals surface area (Å²) in [5, 5.41) is 2.59. The lowest BCUT2D eigenvalue weighted by Crippen LogP contribution is -2.42. The largest absolute Gasteiger partial charge is 0.453 e. The van der Waals surface area contributed by atoms with Crippen molar-refractivity contribution in [3.05, 3.63) is 71.5 Å². The molecule has 1 saturated heterocycles. The van der Waals surface area contributed by atoms with Gasteiger partial charge < -0.3 is 10.1 Å². The number of hydrogen-bond donors (Lipinski definition) is 1. The zero-order valence-electron chi connectivity index (χ0n) is 15.8. The van der Waals surface area contributed by atoms with Crippen LogP contribution in [0, 0.1) is 5.82 Å². The van der Waals surface area contributed by atoms with Gasteiger partial charge in [0.25, 0.3) is 5.91 Å². The summed E-state index contributed by atoms with van der Waals surface area (Å²) in [5.41, 5.74) is -0.541. The number of benzene rings is 2. The lowest BCUT2D eigenvalue weighted by atomic mass is 9.92. The summed E-state index contributed by atoms with van der Waals surface area (Å²) < 4.78 is 18.0. The van der Waals surface area contributed by atoms with E-state index in [2.05, 4.69) is 5.32 Å². The van der Waals surface area contributed by atoms with Gasteiger partial charge in [-0.05, 0) is 43.7 Å². The first-order valence-corrected chi connectivity index (χ1v) is 8.91. The zero-order valence-corrected chi connectivity index (χ0v) is 15.8. The highest BCUT2D eigenvalue weighted by molar-refractivity contribution is 6.09. The molecule has 150 valence electrons. The Hall–Kier alpha value is -3.55. The van der Waals surface area contributed by atoms with E-state index in [1.54, 1.807) is 37.3 Å².